The number of nitrogens with one attached hydrogen (secondary N) is 1. The number of rotatable bonds is 5. The molecule has 0 saturated heterocycles. The Morgan fingerprint density at radius 3 is 2.70 bits per heavy atom. The van der Waals surface area contributed by atoms with E-state index in [0.29, 0.717) is 11.4 Å². The van der Waals surface area contributed by atoms with Gasteiger partial charge in [0.15, 0.2) is 0 Å². The lowest BCUT2D eigenvalue weighted by Crippen LogP contribution is -2.37. The monoisotopic (exact) mass is 289 g/mol. The third-order valence-corrected chi connectivity index (χ3v) is 3.56. The van der Waals surface area contributed by atoms with Gasteiger partial charge in [0.2, 0.25) is 5.91 Å². The number of carbonyl (C=O) groups is 2. The van der Waals surface area contributed by atoms with Crippen molar-refractivity contribution in [3.8, 4) is 0 Å². The predicted octanol–water partition coefficient (Wildman–Crippen LogP) is 1.53. The molecule has 0 unspecified atom stereocenters. The maximum atomic E-state index is 12.0. The van der Waals surface area contributed by atoms with Crippen molar-refractivity contribution in [2.75, 3.05) is 13.6 Å². The molecule has 2 rings (SSSR count). The Bertz CT molecular complexity index is 569. The number of likely N-dealkylation sites (N-methyl/N-ethyl adjacent to an activating group) is 1. The summed E-state index contributed by atoms with van der Waals surface area (Å²) in [5.41, 5.74) is 0.973. The predicted molar refractivity (Wildman–Crippen MR) is 77.4 cm³/mol. The van der Waals surface area contributed by atoms with E-state index in [1.807, 2.05) is 23.6 Å². The molecule has 104 valence electrons. The van der Waals surface area contributed by atoms with E-state index >= 15 is 0 Å². The van der Waals surface area contributed by atoms with Crippen LogP contribution in [-0.2, 0) is 11.3 Å². The lowest BCUT2D eigenvalue weighted by atomic mass is 10.3. The summed E-state index contributed by atoms with van der Waals surface area (Å²) in [6.45, 7) is 0.476. The van der Waals surface area contributed by atoms with Crippen molar-refractivity contribution >= 4 is 23.2 Å². The van der Waals surface area contributed by atoms with Gasteiger partial charge in [-0.15, -0.1) is 11.3 Å². The van der Waals surface area contributed by atoms with Crippen LogP contribution in [0, 0.1) is 0 Å². The van der Waals surface area contributed by atoms with Gasteiger partial charge in [-0.3, -0.25) is 14.6 Å². The van der Waals surface area contributed by atoms with E-state index in [2.05, 4.69) is 10.3 Å². The van der Waals surface area contributed by atoms with E-state index < -0.39 is 0 Å². The highest BCUT2D eigenvalue weighted by Crippen LogP contribution is 2.10. The molecular formula is C14H15N3O2S. The van der Waals surface area contributed by atoms with Gasteiger partial charge in [0.05, 0.1) is 11.4 Å². The quantitative estimate of drug-likeness (QED) is 0.908. The topological polar surface area (TPSA) is 62.3 Å². The van der Waals surface area contributed by atoms with Crippen molar-refractivity contribution in [2.45, 2.75) is 6.54 Å². The zero-order valence-corrected chi connectivity index (χ0v) is 11.9. The fourth-order valence-corrected chi connectivity index (χ4v) is 2.35. The van der Waals surface area contributed by atoms with Crippen LogP contribution in [0.5, 0.6) is 0 Å². The Morgan fingerprint density at radius 1 is 1.30 bits per heavy atom. The van der Waals surface area contributed by atoms with Crippen LogP contribution in [0.2, 0.25) is 0 Å². The first-order valence-electron chi connectivity index (χ1n) is 6.11. The van der Waals surface area contributed by atoms with Crippen LogP contribution >= 0.6 is 11.3 Å². The number of pyridine rings is 1. The molecule has 0 fully saturated rings. The first-order valence-corrected chi connectivity index (χ1v) is 6.99. The number of carbonyl (C=O) groups excluding carboxylic acids is 2. The molecule has 0 atom stereocenters. The minimum atomic E-state index is -0.186. The fourth-order valence-electron chi connectivity index (χ4n) is 1.63. The molecule has 0 aliphatic heterocycles. The van der Waals surface area contributed by atoms with Crippen LogP contribution in [0.4, 0.5) is 0 Å². The molecule has 0 aliphatic rings. The van der Waals surface area contributed by atoms with Crippen molar-refractivity contribution in [1.82, 2.24) is 15.2 Å². The molecule has 0 bridgehead atoms. The molecule has 0 aliphatic carbocycles. The molecule has 2 amide bonds. The number of hydrogen-bond acceptors (Lipinski definition) is 4. The van der Waals surface area contributed by atoms with E-state index in [1.54, 1.807) is 25.5 Å². The second-order valence-electron chi connectivity index (χ2n) is 4.27. The van der Waals surface area contributed by atoms with Crippen molar-refractivity contribution in [3.05, 3.63) is 52.5 Å². The second-order valence-corrected chi connectivity index (χ2v) is 5.22. The molecule has 2 aromatic rings. The van der Waals surface area contributed by atoms with Gasteiger partial charge in [0.25, 0.3) is 5.91 Å². The largest absolute Gasteiger partial charge is 0.350 e. The average molecular weight is 289 g/mol. The SMILES string of the molecule is CN(CC(=O)NCc1ccncc1)C(=O)c1cccs1. The lowest BCUT2D eigenvalue weighted by Gasteiger charge is -2.15. The smallest absolute Gasteiger partial charge is 0.264 e. The van der Waals surface area contributed by atoms with Crippen LogP contribution in [0.15, 0.2) is 42.0 Å². The van der Waals surface area contributed by atoms with Gasteiger partial charge in [-0.1, -0.05) is 6.07 Å². The van der Waals surface area contributed by atoms with Gasteiger partial charge in [-0.05, 0) is 29.1 Å². The Kier molecular flexibility index (Phi) is 4.84. The van der Waals surface area contributed by atoms with Crippen molar-refractivity contribution in [3.63, 3.8) is 0 Å². The van der Waals surface area contributed by atoms with Gasteiger partial charge in [-0.25, -0.2) is 0 Å². The maximum Gasteiger partial charge on any atom is 0.264 e. The molecular weight excluding hydrogens is 274 g/mol. The Balaban J connectivity index is 1.81. The van der Waals surface area contributed by atoms with Crippen LogP contribution in [-0.4, -0.2) is 35.3 Å². The lowest BCUT2D eigenvalue weighted by molar-refractivity contribution is -0.121. The molecule has 0 saturated carbocycles. The third-order valence-electron chi connectivity index (χ3n) is 2.70. The van der Waals surface area contributed by atoms with E-state index in [4.69, 9.17) is 0 Å². The first kappa shape index (κ1) is 14.2. The zero-order chi connectivity index (χ0) is 14.4. The highest BCUT2D eigenvalue weighted by molar-refractivity contribution is 7.12. The fraction of sp³-hybridized carbons (Fsp3) is 0.214. The molecule has 5 nitrogen and oxygen atoms in total. The summed E-state index contributed by atoms with van der Waals surface area (Å²) in [5.74, 6) is -0.326. The second kappa shape index (κ2) is 6.81. The number of aromatic nitrogens is 1. The minimum Gasteiger partial charge on any atom is -0.350 e. The van der Waals surface area contributed by atoms with E-state index in [9.17, 15) is 9.59 Å². The molecule has 0 radical (unpaired) electrons. The molecule has 0 aromatic carbocycles. The maximum absolute atomic E-state index is 12.0. The summed E-state index contributed by atoms with van der Waals surface area (Å²) in [6, 6.07) is 7.23. The van der Waals surface area contributed by atoms with Crippen molar-refractivity contribution in [1.29, 1.82) is 0 Å². The Hall–Kier alpha value is -2.21. The molecule has 20 heavy (non-hydrogen) atoms. The highest BCUT2D eigenvalue weighted by Gasteiger charge is 2.15. The van der Waals surface area contributed by atoms with Crippen molar-refractivity contribution < 1.29 is 9.59 Å². The summed E-state index contributed by atoms with van der Waals surface area (Å²) < 4.78 is 0. The van der Waals surface area contributed by atoms with Crippen LogP contribution in [0.3, 0.4) is 0 Å². The molecule has 0 spiro atoms. The van der Waals surface area contributed by atoms with Gasteiger partial charge in [0.1, 0.15) is 0 Å². The molecule has 2 aromatic heterocycles. The summed E-state index contributed by atoms with van der Waals surface area (Å²) in [5, 5.41) is 4.61. The van der Waals surface area contributed by atoms with Gasteiger partial charge < -0.3 is 10.2 Å². The van der Waals surface area contributed by atoms with Gasteiger partial charge in [0, 0.05) is 26.0 Å². The van der Waals surface area contributed by atoms with Crippen LogP contribution in [0.1, 0.15) is 15.2 Å². The number of thiophene rings is 1. The third kappa shape index (κ3) is 3.89. The Labute approximate surface area is 121 Å². The van der Waals surface area contributed by atoms with Gasteiger partial charge in [-0.2, -0.15) is 0 Å². The summed E-state index contributed by atoms with van der Waals surface area (Å²) in [7, 11) is 1.62. The number of amides is 2. The summed E-state index contributed by atoms with van der Waals surface area (Å²) in [4.78, 5) is 29.7. The summed E-state index contributed by atoms with van der Waals surface area (Å²) in [6.07, 6.45) is 3.35. The van der Waals surface area contributed by atoms with Crippen LogP contribution in [0.25, 0.3) is 0 Å². The van der Waals surface area contributed by atoms with E-state index in [1.165, 1.54) is 16.2 Å². The van der Waals surface area contributed by atoms with Gasteiger partial charge >= 0.3 is 0 Å². The first-order chi connectivity index (χ1) is 9.66. The highest BCUT2D eigenvalue weighted by atomic mass is 32.1. The number of nitrogens with zero attached hydrogens (tertiary/aromatic N) is 2. The van der Waals surface area contributed by atoms with Crippen molar-refractivity contribution in [2.24, 2.45) is 0 Å². The van der Waals surface area contributed by atoms with E-state index in [0.717, 1.165) is 5.56 Å². The molecule has 6 heteroatoms. The average Bonchev–Trinajstić information content (AvgIpc) is 2.99. The summed E-state index contributed by atoms with van der Waals surface area (Å²) >= 11 is 1.37. The minimum absolute atomic E-state index is 0.0435. The molecule has 2 heterocycles. The number of hydrogen-bond donors (Lipinski definition) is 1. The zero-order valence-electron chi connectivity index (χ0n) is 11.1. The molecule has 1 N–H and O–H groups in total. The van der Waals surface area contributed by atoms with Crippen LogP contribution < -0.4 is 5.32 Å². The van der Waals surface area contributed by atoms with E-state index in [-0.39, 0.29) is 18.4 Å². The normalized spacial score (nSPS) is 10.1. The standard InChI is InChI=1S/C14H15N3O2S/c1-17(14(19)12-3-2-8-20-12)10-13(18)16-9-11-4-6-15-7-5-11/h2-8H,9-10H2,1H3,(H,16,18). The Morgan fingerprint density at radius 2 is 2.05 bits per heavy atom.